The van der Waals surface area contributed by atoms with Gasteiger partial charge in [-0.05, 0) is 40.8 Å². The third kappa shape index (κ3) is 2.75. The molecule has 0 aliphatic heterocycles. The lowest BCUT2D eigenvalue weighted by atomic mass is 10.3. The lowest BCUT2D eigenvalue weighted by molar-refractivity contribution is 0.102. The molecule has 1 amide bonds. The highest BCUT2D eigenvalue weighted by Crippen LogP contribution is 2.17. The summed E-state index contributed by atoms with van der Waals surface area (Å²) < 4.78 is 1.10. The summed E-state index contributed by atoms with van der Waals surface area (Å²) in [5.41, 5.74) is 1.46. The van der Waals surface area contributed by atoms with E-state index in [0.29, 0.717) is 5.56 Å². The molecule has 0 aromatic carbocycles. The van der Waals surface area contributed by atoms with Gasteiger partial charge in [-0.2, -0.15) is 0 Å². The van der Waals surface area contributed by atoms with E-state index in [-0.39, 0.29) is 5.91 Å². The van der Waals surface area contributed by atoms with Crippen molar-refractivity contribution >= 4 is 45.5 Å². The molecule has 0 aliphatic carbocycles. The van der Waals surface area contributed by atoms with Gasteiger partial charge in [0.15, 0.2) is 0 Å². The van der Waals surface area contributed by atoms with Crippen molar-refractivity contribution in [1.82, 2.24) is 4.98 Å². The van der Waals surface area contributed by atoms with Crippen LogP contribution in [0.25, 0.3) is 0 Å². The number of carbonyl (C=O) groups excluding carboxylic acids is 1. The lowest BCUT2D eigenvalue weighted by Gasteiger charge is -2.01. The second kappa shape index (κ2) is 4.71. The number of hydrogen-bond donors (Lipinski definition) is 1. The Morgan fingerprint density at radius 2 is 2.13 bits per heavy atom. The molecule has 2 aromatic rings. The molecule has 0 aliphatic rings. The molecule has 1 N–H and O–H groups in total. The average Bonchev–Trinajstić information content (AvgIpc) is 2.66. The van der Waals surface area contributed by atoms with E-state index in [2.05, 4.69) is 32.9 Å². The molecule has 2 rings (SSSR count). The minimum Gasteiger partial charge on any atom is -0.322 e. The van der Waals surface area contributed by atoms with Gasteiger partial charge in [-0.25, -0.2) is 0 Å². The first-order valence-electron chi connectivity index (χ1n) is 4.21. The van der Waals surface area contributed by atoms with Gasteiger partial charge in [-0.1, -0.05) is 0 Å². The molecule has 0 atom stereocenters. The predicted octanol–water partition coefficient (Wildman–Crippen LogP) is 3.00. The summed E-state index contributed by atoms with van der Waals surface area (Å²) in [5.74, 6) is -0.0830. The van der Waals surface area contributed by atoms with Crippen molar-refractivity contribution in [3.05, 3.63) is 44.4 Å². The molecule has 0 saturated heterocycles. The molecule has 5 heteroatoms. The highest BCUT2D eigenvalue weighted by atomic mass is 127. The maximum absolute atomic E-state index is 11.7. The van der Waals surface area contributed by atoms with E-state index in [1.807, 2.05) is 11.4 Å². The Morgan fingerprint density at radius 1 is 1.40 bits per heavy atom. The molecule has 0 unspecified atom stereocenters. The van der Waals surface area contributed by atoms with Crippen LogP contribution >= 0.6 is 33.9 Å². The Balaban J connectivity index is 2.11. The van der Waals surface area contributed by atoms with Crippen LogP contribution in [0.15, 0.2) is 36.0 Å². The molecule has 0 spiro atoms. The number of pyridine rings is 1. The number of nitrogens with zero attached hydrogens (tertiary/aromatic N) is 1. The van der Waals surface area contributed by atoms with Crippen LogP contribution < -0.4 is 5.32 Å². The number of hydrogen-bond acceptors (Lipinski definition) is 3. The number of nitrogens with one attached hydrogen (secondary N) is 1. The zero-order valence-corrected chi connectivity index (χ0v) is 10.6. The van der Waals surface area contributed by atoms with Crippen LogP contribution in [0.5, 0.6) is 0 Å². The third-order valence-corrected chi connectivity index (χ3v) is 3.56. The van der Waals surface area contributed by atoms with E-state index in [4.69, 9.17) is 0 Å². The van der Waals surface area contributed by atoms with Crippen LogP contribution in [-0.4, -0.2) is 10.9 Å². The number of amides is 1. The van der Waals surface area contributed by atoms with Crippen molar-refractivity contribution in [2.75, 3.05) is 5.32 Å². The first-order chi connectivity index (χ1) is 7.25. The van der Waals surface area contributed by atoms with E-state index in [1.165, 1.54) is 0 Å². The first-order valence-corrected chi connectivity index (χ1v) is 6.17. The smallest absolute Gasteiger partial charge is 0.256 e. The fourth-order valence-electron chi connectivity index (χ4n) is 1.07. The second-order valence-electron chi connectivity index (χ2n) is 2.83. The minimum absolute atomic E-state index is 0.0830. The van der Waals surface area contributed by atoms with Crippen molar-refractivity contribution in [2.24, 2.45) is 0 Å². The van der Waals surface area contributed by atoms with Crippen molar-refractivity contribution < 1.29 is 4.79 Å². The number of thiophene rings is 1. The summed E-state index contributed by atoms with van der Waals surface area (Å²) in [6.45, 7) is 0. The van der Waals surface area contributed by atoms with Gasteiger partial charge in [0.2, 0.25) is 0 Å². The van der Waals surface area contributed by atoms with E-state index in [9.17, 15) is 4.79 Å². The molecule has 0 bridgehead atoms. The SMILES string of the molecule is O=C(Nc1ccncc1)c1csc(I)c1. The van der Waals surface area contributed by atoms with Crippen LogP contribution in [0, 0.1) is 2.88 Å². The fourth-order valence-corrected chi connectivity index (χ4v) is 2.39. The van der Waals surface area contributed by atoms with E-state index in [0.717, 1.165) is 8.57 Å². The summed E-state index contributed by atoms with van der Waals surface area (Å²) in [4.78, 5) is 15.6. The largest absolute Gasteiger partial charge is 0.322 e. The van der Waals surface area contributed by atoms with Gasteiger partial charge in [0, 0.05) is 23.5 Å². The van der Waals surface area contributed by atoms with Gasteiger partial charge in [0.05, 0.1) is 8.45 Å². The topological polar surface area (TPSA) is 42.0 Å². The minimum atomic E-state index is -0.0830. The number of rotatable bonds is 2. The maximum atomic E-state index is 11.7. The summed E-state index contributed by atoms with van der Waals surface area (Å²) in [5, 5.41) is 4.64. The molecule has 2 aromatic heterocycles. The van der Waals surface area contributed by atoms with Crippen LogP contribution in [0.1, 0.15) is 10.4 Å². The Kier molecular flexibility index (Phi) is 3.32. The van der Waals surface area contributed by atoms with Crippen LogP contribution in [-0.2, 0) is 0 Å². The monoisotopic (exact) mass is 330 g/mol. The Labute approximate surface area is 105 Å². The van der Waals surface area contributed by atoms with Gasteiger partial charge >= 0.3 is 0 Å². The quantitative estimate of drug-likeness (QED) is 0.860. The summed E-state index contributed by atoms with van der Waals surface area (Å²) in [6.07, 6.45) is 3.29. The van der Waals surface area contributed by atoms with E-state index in [1.54, 1.807) is 35.9 Å². The van der Waals surface area contributed by atoms with Crippen molar-refractivity contribution in [1.29, 1.82) is 0 Å². The van der Waals surface area contributed by atoms with Gasteiger partial charge < -0.3 is 5.32 Å². The molecule has 15 heavy (non-hydrogen) atoms. The maximum Gasteiger partial charge on any atom is 0.256 e. The van der Waals surface area contributed by atoms with Crippen molar-refractivity contribution in [3.63, 3.8) is 0 Å². The highest BCUT2D eigenvalue weighted by Gasteiger charge is 2.07. The normalized spacial score (nSPS) is 9.93. The number of carbonyl (C=O) groups is 1. The fraction of sp³-hybridized carbons (Fsp3) is 0. The molecule has 0 saturated carbocycles. The molecule has 3 nitrogen and oxygen atoms in total. The second-order valence-corrected chi connectivity index (χ2v) is 5.63. The van der Waals surface area contributed by atoms with Crippen molar-refractivity contribution in [3.8, 4) is 0 Å². The summed E-state index contributed by atoms with van der Waals surface area (Å²) in [6, 6.07) is 5.38. The Morgan fingerprint density at radius 3 is 2.73 bits per heavy atom. The van der Waals surface area contributed by atoms with Crippen molar-refractivity contribution in [2.45, 2.75) is 0 Å². The third-order valence-electron chi connectivity index (χ3n) is 1.77. The van der Waals surface area contributed by atoms with Crippen LogP contribution in [0.2, 0.25) is 0 Å². The van der Waals surface area contributed by atoms with Gasteiger partial charge in [-0.15, -0.1) is 11.3 Å². The molecular formula is C10H7IN2OS. The number of aromatic nitrogens is 1. The first kappa shape index (κ1) is 10.6. The molecule has 0 radical (unpaired) electrons. The standard InChI is InChI=1S/C10H7IN2OS/c11-9-5-7(6-15-9)10(14)13-8-1-3-12-4-2-8/h1-6H,(H,12,13,14). The molecule has 2 heterocycles. The summed E-state index contributed by atoms with van der Waals surface area (Å²) in [7, 11) is 0. The molecular weight excluding hydrogens is 323 g/mol. The highest BCUT2D eigenvalue weighted by molar-refractivity contribution is 14.1. The van der Waals surface area contributed by atoms with Gasteiger partial charge in [-0.3, -0.25) is 9.78 Å². The van der Waals surface area contributed by atoms with Crippen LogP contribution in [0.4, 0.5) is 5.69 Å². The van der Waals surface area contributed by atoms with Gasteiger partial charge in [0.1, 0.15) is 0 Å². The van der Waals surface area contributed by atoms with Gasteiger partial charge in [0.25, 0.3) is 5.91 Å². The van der Waals surface area contributed by atoms with E-state index < -0.39 is 0 Å². The number of anilines is 1. The average molecular weight is 330 g/mol. The Bertz CT molecular complexity index is 469. The zero-order chi connectivity index (χ0) is 10.7. The lowest BCUT2D eigenvalue weighted by Crippen LogP contribution is -2.10. The number of halogens is 1. The molecule has 76 valence electrons. The zero-order valence-electron chi connectivity index (χ0n) is 7.61. The van der Waals surface area contributed by atoms with E-state index >= 15 is 0 Å². The molecule has 0 fully saturated rings. The summed E-state index contributed by atoms with van der Waals surface area (Å²) >= 11 is 3.75. The van der Waals surface area contributed by atoms with Crippen LogP contribution in [0.3, 0.4) is 0 Å². The predicted molar refractivity (Wildman–Crippen MR) is 69.2 cm³/mol. The Hall–Kier alpha value is -0.950.